The molecule has 0 saturated heterocycles. The molecule has 7 nitrogen and oxygen atoms in total. The largest absolute Gasteiger partial charge is 0.397 e. The Bertz CT molecular complexity index is 632. The minimum atomic E-state index is -3.70. The van der Waals surface area contributed by atoms with Gasteiger partial charge in [-0.15, -0.1) is 0 Å². The molecular weight excluding hydrogens is 316 g/mol. The first-order chi connectivity index (χ1) is 9.65. The second kappa shape index (κ2) is 6.97. The van der Waals surface area contributed by atoms with Crippen LogP contribution < -0.4 is 15.8 Å². The van der Waals surface area contributed by atoms with E-state index in [9.17, 15) is 13.2 Å². The lowest BCUT2D eigenvalue weighted by molar-refractivity contribution is 0.217. The number of anilines is 1. The van der Waals surface area contributed by atoms with E-state index in [4.69, 9.17) is 17.3 Å². The van der Waals surface area contributed by atoms with Crippen molar-refractivity contribution in [2.24, 2.45) is 0 Å². The van der Waals surface area contributed by atoms with Crippen LogP contribution in [0.25, 0.3) is 0 Å². The molecule has 0 aliphatic carbocycles. The highest BCUT2D eigenvalue weighted by Gasteiger charge is 2.18. The molecular formula is C12H19ClN4O3S. The van der Waals surface area contributed by atoms with Gasteiger partial charge in [0.2, 0.25) is 10.0 Å². The van der Waals surface area contributed by atoms with Crippen LogP contribution >= 0.6 is 11.6 Å². The fraction of sp³-hybridized carbons (Fsp3) is 0.417. The monoisotopic (exact) mass is 334 g/mol. The number of aryl methyl sites for hydroxylation is 1. The van der Waals surface area contributed by atoms with Crippen molar-refractivity contribution in [3.8, 4) is 0 Å². The van der Waals surface area contributed by atoms with Gasteiger partial charge in [-0.1, -0.05) is 11.6 Å². The highest BCUT2D eigenvalue weighted by molar-refractivity contribution is 7.89. The fourth-order valence-electron chi connectivity index (χ4n) is 1.55. The average molecular weight is 335 g/mol. The van der Waals surface area contributed by atoms with E-state index >= 15 is 0 Å². The van der Waals surface area contributed by atoms with Gasteiger partial charge in [0.25, 0.3) is 0 Å². The van der Waals surface area contributed by atoms with Crippen LogP contribution in [0.5, 0.6) is 0 Å². The van der Waals surface area contributed by atoms with Crippen LogP contribution in [0, 0.1) is 6.92 Å². The number of nitrogen functional groups attached to an aromatic ring is 1. The summed E-state index contributed by atoms with van der Waals surface area (Å²) in [5.74, 6) is 0. The molecule has 0 spiro atoms. The Morgan fingerprint density at radius 1 is 1.33 bits per heavy atom. The van der Waals surface area contributed by atoms with Crippen molar-refractivity contribution in [2.75, 3.05) is 32.9 Å². The Kier molecular flexibility index (Phi) is 5.82. The molecule has 21 heavy (non-hydrogen) atoms. The summed E-state index contributed by atoms with van der Waals surface area (Å²) in [7, 11) is -0.509. The number of nitrogens with two attached hydrogens (primary N) is 1. The normalized spacial score (nSPS) is 11.2. The van der Waals surface area contributed by atoms with Gasteiger partial charge in [-0.05, 0) is 24.6 Å². The van der Waals surface area contributed by atoms with Crippen LogP contribution in [0.2, 0.25) is 5.02 Å². The van der Waals surface area contributed by atoms with Gasteiger partial charge in [-0.25, -0.2) is 17.9 Å². The number of nitrogens with one attached hydrogen (secondary N) is 2. The molecule has 0 bridgehead atoms. The molecule has 0 saturated carbocycles. The molecule has 118 valence electrons. The Hall–Kier alpha value is -1.51. The number of benzene rings is 1. The van der Waals surface area contributed by atoms with Crippen LogP contribution in [0.4, 0.5) is 10.5 Å². The second-order valence-electron chi connectivity index (χ2n) is 4.66. The Labute approximate surface area is 129 Å². The minimum absolute atomic E-state index is 0.0725. The highest BCUT2D eigenvalue weighted by atomic mass is 35.5. The van der Waals surface area contributed by atoms with Crippen molar-refractivity contribution in [3.63, 3.8) is 0 Å². The molecule has 1 aromatic rings. The first-order valence-corrected chi connectivity index (χ1v) is 8.01. The molecule has 0 aromatic heterocycles. The highest BCUT2D eigenvalue weighted by Crippen LogP contribution is 2.25. The van der Waals surface area contributed by atoms with E-state index in [0.29, 0.717) is 10.6 Å². The van der Waals surface area contributed by atoms with E-state index in [1.165, 1.54) is 17.0 Å². The smallest absolute Gasteiger partial charge is 0.316 e. The maximum Gasteiger partial charge on any atom is 0.316 e. The van der Waals surface area contributed by atoms with Crippen LogP contribution in [-0.4, -0.2) is 46.5 Å². The molecule has 0 aliphatic heterocycles. The van der Waals surface area contributed by atoms with Crippen molar-refractivity contribution in [3.05, 3.63) is 22.7 Å². The molecule has 0 atom stereocenters. The summed E-state index contributed by atoms with van der Waals surface area (Å²) in [5.41, 5.74) is 6.32. The third kappa shape index (κ3) is 4.76. The lowest BCUT2D eigenvalue weighted by atomic mass is 10.2. The van der Waals surface area contributed by atoms with Crippen molar-refractivity contribution in [1.82, 2.24) is 14.9 Å². The molecule has 1 rings (SSSR count). The summed E-state index contributed by atoms with van der Waals surface area (Å²) in [6.45, 7) is 1.88. The quantitative estimate of drug-likeness (QED) is 0.546. The van der Waals surface area contributed by atoms with E-state index in [1.54, 1.807) is 21.0 Å². The van der Waals surface area contributed by atoms with Gasteiger partial charge < -0.3 is 16.0 Å². The van der Waals surface area contributed by atoms with Gasteiger partial charge in [0, 0.05) is 27.2 Å². The number of carbonyl (C=O) groups is 1. The third-order valence-electron chi connectivity index (χ3n) is 2.68. The number of urea groups is 1. The van der Waals surface area contributed by atoms with E-state index in [-0.39, 0.29) is 29.7 Å². The first kappa shape index (κ1) is 17.5. The molecule has 0 radical (unpaired) electrons. The van der Waals surface area contributed by atoms with Crippen LogP contribution in [0.3, 0.4) is 0 Å². The number of halogens is 1. The summed E-state index contributed by atoms with van der Waals surface area (Å²) in [6, 6.07) is 2.53. The van der Waals surface area contributed by atoms with Gasteiger partial charge in [0.15, 0.2) is 0 Å². The molecule has 4 N–H and O–H groups in total. The first-order valence-electron chi connectivity index (χ1n) is 6.15. The zero-order valence-electron chi connectivity index (χ0n) is 12.1. The summed E-state index contributed by atoms with van der Waals surface area (Å²) in [6.07, 6.45) is 0. The number of hydrogen-bond donors (Lipinski definition) is 3. The standard InChI is InChI=1S/C12H19ClN4O3S/c1-8-6-9(13)10(14)7-11(8)21(19,20)16-5-4-15-12(18)17(2)3/h6-7,16H,4-5,14H2,1-3H3,(H,15,18). The number of sulfonamides is 1. The zero-order valence-corrected chi connectivity index (χ0v) is 13.7. The van der Waals surface area contributed by atoms with Gasteiger partial charge in [0.1, 0.15) is 0 Å². The Balaban J connectivity index is 2.71. The number of carbonyl (C=O) groups excluding carboxylic acids is 1. The molecule has 0 fully saturated rings. The molecule has 2 amide bonds. The maximum atomic E-state index is 12.2. The van der Waals surface area contributed by atoms with Crippen LogP contribution in [0.15, 0.2) is 17.0 Å². The molecule has 0 heterocycles. The van der Waals surface area contributed by atoms with Crippen molar-refractivity contribution in [1.29, 1.82) is 0 Å². The summed E-state index contributed by atoms with van der Waals surface area (Å²) in [4.78, 5) is 12.7. The van der Waals surface area contributed by atoms with Crippen LogP contribution in [-0.2, 0) is 10.0 Å². The summed E-state index contributed by atoms with van der Waals surface area (Å²) in [5, 5.41) is 2.87. The maximum absolute atomic E-state index is 12.2. The van der Waals surface area contributed by atoms with Gasteiger partial charge >= 0.3 is 6.03 Å². The third-order valence-corrected chi connectivity index (χ3v) is 4.61. The van der Waals surface area contributed by atoms with Crippen LogP contribution in [0.1, 0.15) is 5.56 Å². The van der Waals surface area contributed by atoms with Gasteiger partial charge in [-0.3, -0.25) is 0 Å². The lowest BCUT2D eigenvalue weighted by Gasteiger charge is -2.13. The number of rotatable bonds is 5. The molecule has 0 aliphatic rings. The number of hydrogen-bond acceptors (Lipinski definition) is 4. The van der Waals surface area contributed by atoms with Crippen molar-refractivity contribution >= 4 is 33.3 Å². The minimum Gasteiger partial charge on any atom is -0.397 e. The van der Waals surface area contributed by atoms with Gasteiger partial charge in [-0.2, -0.15) is 0 Å². The predicted octanol–water partition coefficient (Wildman–Crippen LogP) is 0.780. The number of amides is 2. The van der Waals surface area contributed by atoms with E-state index in [0.717, 1.165) is 0 Å². The van der Waals surface area contributed by atoms with E-state index < -0.39 is 10.0 Å². The Morgan fingerprint density at radius 3 is 2.52 bits per heavy atom. The summed E-state index contributed by atoms with van der Waals surface area (Å²) >= 11 is 5.83. The molecule has 1 aromatic carbocycles. The van der Waals surface area contributed by atoms with Gasteiger partial charge in [0.05, 0.1) is 15.6 Å². The SMILES string of the molecule is Cc1cc(Cl)c(N)cc1S(=O)(=O)NCCNC(=O)N(C)C. The fourth-order valence-corrected chi connectivity index (χ4v) is 3.06. The second-order valence-corrected chi connectivity index (χ2v) is 6.81. The van der Waals surface area contributed by atoms with Crippen molar-refractivity contribution in [2.45, 2.75) is 11.8 Å². The topological polar surface area (TPSA) is 105 Å². The molecule has 0 unspecified atom stereocenters. The Morgan fingerprint density at radius 2 is 1.95 bits per heavy atom. The lowest BCUT2D eigenvalue weighted by Crippen LogP contribution is -2.39. The average Bonchev–Trinajstić information content (AvgIpc) is 2.38. The summed E-state index contributed by atoms with van der Waals surface area (Å²) < 4.78 is 26.7. The number of nitrogens with zero attached hydrogens (tertiary/aromatic N) is 1. The molecule has 9 heteroatoms. The van der Waals surface area contributed by atoms with E-state index in [2.05, 4.69) is 10.0 Å². The van der Waals surface area contributed by atoms with Crippen molar-refractivity contribution < 1.29 is 13.2 Å². The zero-order chi connectivity index (χ0) is 16.2. The predicted molar refractivity (Wildman–Crippen MR) is 82.9 cm³/mol. The van der Waals surface area contributed by atoms with E-state index in [1.807, 2.05) is 0 Å².